The molecule has 0 fully saturated rings. The van der Waals surface area contributed by atoms with Gasteiger partial charge in [-0.15, -0.1) is 0 Å². The van der Waals surface area contributed by atoms with Crippen molar-refractivity contribution in [2.24, 2.45) is 0 Å². The summed E-state index contributed by atoms with van der Waals surface area (Å²) in [5.74, 6) is -0.235. The van der Waals surface area contributed by atoms with Crippen LogP contribution in [0.25, 0.3) is 21.9 Å². The molecule has 0 bridgehead atoms. The van der Waals surface area contributed by atoms with Crippen LogP contribution in [0.3, 0.4) is 0 Å². The summed E-state index contributed by atoms with van der Waals surface area (Å²) in [7, 11) is 1.57. The molecule has 0 unspecified atom stereocenters. The quantitative estimate of drug-likeness (QED) is 0.549. The lowest BCUT2D eigenvalue weighted by Gasteiger charge is -2.16. The minimum Gasteiger partial charge on any atom is -0.464 e. The van der Waals surface area contributed by atoms with Crippen LogP contribution < -0.4 is 10.9 Å². The SMILES string of the molecule is COCCNC(=O)Cc1c(C)c2cc3c(C(C)(C)C)coc3cc2oc1=O. The zero-order chi connectivity index (χ0) is 19.8. The highest BCUT2D eigenvalue weighted by molar-refractivity contribution is 5.97. The van der Waals surface area contributed by atoms with Gasteiger partial charge in [0.05, 0.1) is 24.9 Å². The minimum absolute atomic E-state index is 0.0244. The van der Waals surface area contributed by atoms with Crippen molar-refractivity contribution in [3.8, 4) is 0 Å². The van der Waals surface area contributed by atoms with Gasteiger partial charge in [-0.1, -0.05) is 20.8 Å². The van der Waals surface area contributed by atoms with E-state index >= 15 is 0 Å². The lowest BCUT2D eigenvalue weighted by atomic mass is 9.86. The van der Waals surface area contributed by atoms with Crippen LogP contribution in [0.4, 0.5) is 0 Å². The number of ether oxygens (including phenoxy) is 1. The number of nitrogens with one attached hydrogen (secondary N) is 1. The van der Waals surface area contributed by atoms with E-state index in [2.05, 4.69) is 26.1 Å². The van der Waals surface area contributed by atoms with Crippen molar-refractivity contribution in [1.29, 1.82) is 0 Å². The number of aryl methyl sites for hydroxylation is 1. The van der Waals surface area contributed by atoms with Gasteiger partial charge in [0.2, 0.25) is 5.91 Å². The third-order valence-corrected chi connectivity index (χ3v) is 4.76. The molecule has 0 saturated heterocycles. The second-order valence-electron chi connectivity index (χ2n) is 7.76. The van der Waals surface area contributed by atoms with E-state index in [-0.39, 0.29) is 17.7 Å². The third-order valence-electron chi connectivity index (χ3n) is 4.76. The molecule has 0 radical (unpaired) electrons. The molecule has 1 amide bonds. The normalized spacial score (nSPS) is 12.0. The van der Waals surface area contributed by atoms with Crippen LogP contribution in [0, 0.1) is 6.92 Å². The first kappa shape index (κ1) is 19.2. The maximum Gasteiger partial charge on any atom is 0.340 e. The van der Waals surface area contributed by atoms with Gasteiger partial charge in [-0.2, -0.15) is 0 Å². The van der Waals surface area contributed by atoms with Crippen molar-refractivity contribution in [3.05, 3.63) is 45.5 Å². The van der Waals surface area contributed by atoms with E-state index in [9.17, 15) is 9.59 Å². The van der Waals surface area contributed by atoms with Gasteiger partial charge >= 0.3 is 5.63 Å². The van der Waals surface area contributed by atoms with Gasteiger partial charge in [0.1, 0.15) is 11.2 Å². The molecule has 0 aliphatic heterocycles. The summed E-state index contributed by atoms with van der Waals surface area (Å²) in [4.78, 5) is 24.5. The van der Waals surface area contributed by atoms with E-state index in [1.54, 1.807) is 19.4 Å². The molecule has 0 aliphatic carbocycles. The number of rotatable bonds is 5. The van der Waals surface area contributed by atoms with Gasteiger partial charge in [0, 0.05) is 36.1 Å². The Bertz CT molecular complexity index is 1050. The summed E-state index contributed by atoms with van der Waals surface area (Å²) in [5.41, 5.74) is 2.78. The summed E-state index contributed by atoms with van der Waals surface area (Å²) in [6.45, 7) is 9.03. The molecule has 0 atom stereocenters. The van der Waals surface area contributed by atoms with Crippen LogP contribution in [0.2, 0.25) is 0 Å². The monoisotopic (exact) mass is 371 g/mol. The van der Waals surface area contributed by atoms with Crippen molar-refractivity contribution in [3.63, 3.8) is 0 Å². The molecule has 144 valence electrons. The van der Waals surface area contributed by atoms with E-state index in [0.29, 0.717) is 29.9 Å². The van der Waals surface area contributed by atoms with E-state index in [1.807, 2.05) is 13.0 Å². The number of carbonyl (C=O) groups excluding carboxylic acids is 1. The molecule has 1 N–H and O–H groups in total. The summed E-state index contributed by atoms with van der Waals surface area (Å²) in [6, 6.07) is 3.73. The van der Waals surface area contributed by atoms with E-state index in [4.69, 9.17) is 13.6 Å². The number of hydrogen-bond acceptors (Lipinski definition) is 5. The van der Waals surface area contributed by atoms with Crippen LogP contribution >= 0.6 is 0 Å². The Kier molecular flexibility index (Phi) is 5.11. The predicted octanol–water partition coefficient (Wildman–Crippen LogP) is 3.45. The average Bonchev–Trinajstić information content (AvgIpc) is 3.00. The third kappa shape index (κ3) is 3.76. The number of methoxy groups -OCH3 is 1. The molecule has 6 heteroatoms. The van der Waals surface area contributed by atoms with Crippen molar-refractivity contribution < 1.29 is 18.4 Å². The summed E-state index contributed by atoms with van der Waals surface area (Å²) < 4.78 is 16.1. The maximum atomic E-state index is 12.4. The molecule has 3 rings (SSSR count). The lowest BCUT2D eigenvalue weighted by molar-refractivity contribution is -0.120. The largest absolute Gasteiger partial charge is 0.464 e. The fourth-order valence-corrected chi connectivity index (χ4v) is 3.21. The van der Waals surface area contributed by atoms with E-state index < -0.39 is 5.63 Å². The number of benzene rings is 1. The highest BCUT2D eigenvalue weighted by atomic mass is 16.5. The Balaban J connectivity index is 2.07. The topological polar surface area (TPSA) is 81.7 Å². The van der Waals surface area contributed by atoms with Crippen LogP contribution in [0.1, 0.15) is 37.5 Å². The highest BCUT2D eigenvalue weighted by Gasteiger charge is 2.22. The molecular weight excluding hydrogens is 346 g/mol. The Morgan fingerprint density at radius 1 is 1.19 bits per heavy atom. The number of amides is 1. The molecule has 0 aliphatic rings. The molecule has 0 spiro atoms. The Hall–Kier alpha value is -2.60. The van der Waals surface area contributed by atoms with Gasteiger partial charge in [-0.25, -0.2) is 4.79 Å². The van der Waals surface area contributed by atoms with Gasteiger partial charge in [0.15, 0.2) is 0 Å². The first-order valence-corrected chi connectivity index (χ1v) is 8.96. The van der Waals surface area contributed by atoms with Crippen molar-refractivity contribution in [2.45, 2.75) is 39.5 Å². The molecule has 2 aromatic heterocycles. The number of fused-ring (bicyclic) bond motifs is 2. The van der Waals surface area contributed by atoms with Crippen LogP contribution in [-0.2, 0) is 21.4 Å². The summed E-state index contributed by atoms with van der Waals surface area (Å²) in [5, 5.41) is 4.53. The highest BCUT2D eigenvalue weighted by Crippen LogP contribution is 2.35. The molecule has 6 nitrogen and oxygen atoms in total. The molecule has 27 heavy (non-hydrogen) atoms. The van der Waals surface area contributed by atoms with Gasteiger partial charge in [-0.3, -0.25) is 4.79 Å². The minimum atomic E-state index is -0.496. The van der Waals surface area contributed by atoms with Crippen molar-refractivity contribution in [2.75, 3.05) is 20.3 Å². The van der Waals surface area contributed by atoms with Gasteiger partial charge in [0.25, 0.3) is 0 Å². The number of hydrogen-bond donors (Lipinski definition) is 1. The van der Waals surface area contributed by atoms with Crippen molar-refractivity contribution >= 4 is 27.8 Å². The molecule has 1 aromatic carbocycles. The first-order chi connectivity index (χ1) is 12.7. The number of furan rings is 1. The Morgan fingerprint density at radius 2 is 1.93 bits per heavy atom. The fraction of sp³-hybridized carbons (Fsp3) is 0.429. The van der Waals surface area contributed by atoms with E-state index in [0.717, 1.165) is 21.9 Å². The molecule has 3 aromatic rings. The van der Waals surface area contributed by atoms with Crippen molar-refractivity contribution in [1.82, 2.24) is 5.32 Å². The van der Waals surface area contributed by atoms with Gasteiger partial charge in [-0.05, 0) is 24.0 Å². The Labute approximate surface area is 157 Å². The van der Waals surface area contributed by atoms with Gasteiger partial charge < -0.3 is 18.9 Å². The number of carbonyl (C=O) groups is 1. The maximum absolute atomic E-state index is 12.4. The molecular formula is C21H25NO5. The second-order valence-corrected chi connectivity index (χ2v) is 7.76. The zero-order valence-electron chi connectivity index (χ0n) is 16.4. The smallest absolute Gasteiger partial charge is 0.340 e. The fourth-order valence-electron chi connectivity index (χ4n) is 3.21. The average molecular weight is 371 g/mol. The second kappa shape index (κ2) is 7.19. The van der Waals surface area contributed by atoms with E-state index in [1.165, 1.54) is 0 Å². The van der Waals surface area contributed by atoms with Crippen LogP contribution in [0.15, 0.2) is 32.0 Å². The lowest BCUT2D eigenvalue weighted by Crippen LogP contribution is -2.30. The predicted molar refractivity (Wildman–Crippen MR) is 104 cm³/mol. The standard InChI is InChI=1S/C21H25NO5/c1-12-13-8-15-16(21(2,3)4)11-26-17(15)10-18(13)27-20(24)14(12)9-19(23)22-6-7-25-5/h8,10-11H,6-7,9H2,1-5H3,(H,22,23). The summed E-state index contributed by atoms with van der Waals surface area (Å²) >= 11 is 0. The van der Waals surface area contributed by atoms with Crippen LogP contribution in [-0.4, -0.2) is 26.2 Å². The molecule has 2 heterocycles. The zero-order valence-corrected chi connectivity index (χ0v) is 16.4. The van der Waals surface area contributed by atoms with Crippen LogP contribution in [0.5, 0.6) is 0 Å². The first-order valence-electron chi connectivity index (χ1n) is 8.96. The summed E-state index contributed by atoms with van der Waals surface area (Å²) in [6.07, 6.45) is 1.73. The Morgan fingerprint density at radius 3 is 2.59 bits per heavy atom. The molecule has 0 saturated carbocycles.